The number of aromatic nitrogens is 1. The molecule has 8 heteroatoms. The topological polar surface area (TPSA) is 64.5 Å². The molecule has 0 saturated carbocycles. The van der Waals surface area contributed by atoms with Crippen LogP contribution in [0.3, 0.4) is 0 Å². The van der Waals surface area contributed by atoms with Gasteiger partial charge in [0.1, 0.15) is 11.5 Å². The van der Waals surface area contributed by atoms with Crippen LogP contribution in [0.1, 0.15) is 12.5 Å². The Morgan fingerprint density at radius 1 is 1.07 bits per heavy atom. The van der Waals surface area contributed by atoms with Gasteiger partial charge in [-0.25, -0.2) is 0 Å². The lowest BCUT2D eigenvalue weighted by atomic mass is 10.1. The monoisotopic (exact) mass is 379 g/mol. The van der Waals surface area contributed by atoms with Gasteiger partial charge >= 0.3 is 6.36 Å². The first-order valence-corrected chi connectivity index (χ1v) is 8.09. The number of halogens is 3. The van der Waals surface area contributed by atoms with E-state index in [2.05, 4.69) is 9.89 Å². The van der Waals surface area contributed by atoms with E-state index in [-0.39, 0.29) is 17.4 Å². The summed E-state index contributed by atoms with van der Waals surface area (Å²) in [5.41, 5.74) is 1.05. The molecule has 0 aliphatic rings. The summed E-state index contributed by atoms with van der Waals surface area (Å²) in [4.78, 5) is 11.1. The van der Waals surface area contributed by atoms with Gasteiger partial charge in [-0.15, -0.1) is 13.2 Å². The van der Waals surface area contributed by atoms with Crippen LogP contribution >= 0.6 is 0 Å². The van der Waals surface area contributed by atoms with E-state index in [0.29, 0.717) is 29.1 Å². The third kappa shape index (κ3) is 5.40. The summed E-state index contributed by atoms with van der Waals surface area (Å²) in [6, 6.07) is 14.1. The van der Waals surface area contributed by atoms with Gasteiger partial charge in [0.05, 0.1) is 12.2 Å². The van der Waals surface area contributed by atoms with Gasteiger partial charge in [0, 0.05) is 12.0 Å². The number of alkyl halides is 3. The highest BCUT2D eigenvalue weighted by Crippen LogP contribution is 2.25. The van der Waals surface area contributed by atoms with Crippen LogP contribution in [0.2, 0.25) is 0 Å². The van der Waals surface area contributed by atoms with Gasteiger partial charge in [-0.3, -0.25) is 4.79 Å². The molecule has 0 radical (unpaired) electrons. The molecular formula is C19H16F3NO4. The molecule has 5 nitrogen and oxygen atoms in total. The molecule has 0 bridgehead atoms. The largest absolute Gasteiger partial charge is 0.573 e. The summed E-state index contributed by atoms with van der Waals surface area (Å²) in [6.45, 7) is 1.82. The minimum absolute atomic E-state index is 0.260. The maximum absolute atomic E-state index is 12.3. The molecule has 1 atom stereocenters. The second-order valence-electron chi connectivity index (χ2n) is 5.93. The summed E-state index contributed by atoms with van der Waals surface area (Å²) < 4.78 is 51.7. The fourth-order valence-corrected chi connectivity index (χ4v) is 2.60. The van der Waals surface area contributed by atoms with Crippen LogP contribution < -0.4 is 15.0 Å². The van der Waals surface area contributed by atoms with E-state index in [9.17, 15) is 18.0 Å². The number of hydrogen-bond acceptors (Lipinski definition) is 4. The Morgan fingerprint density at radius 2 is 1.81 bits per heavy atom. The van der Waals surface area contributed by atoms with Crippen LogP contribution in [0.4, 0.5) is 13.2 Å². The molecule has 2 aromatic carbocycles. The van der Waals surface area contributed by atoms with Gasteiger partial charge in [-0.05, 0) is 48.9 Å². The lowest BCUT2D eigenvalue weighted by Crippen LogP contribution is -2.18. The van der Waals surface area contributed by atoms with Crippen molar-refractivity contribution >= 4 is 0 Å². The van der Waals surface area contributed by atoms with Crippen molar-refractivity contribution in [3.05, 3.63) is 70.5 Å². The van der Waals surface area contributed by atoms with Gasteiger partial charge in [0.2, 0.25) is 0 Å². The second-order valence-corrected chi connectivity index (χ2v) is 5.93. The smallest absolute Gasteiger partial charge is 0.490 e. The Morgan fingerprint density at radius 3 is 2.44 bits per heavy atom. The molecule has 0 unspecified atom stereocenters. The van der Waals surface area contributed by atoms with E-state index in [1.807, 2.05) is 6.92 Å². The number of H-pyrrole nitrogens is 1. The van der Waals surface area contributed by atoms with E-state index in [1.54, 1.807) is 30.3 Å². The molecule has 0 aliphatic carbocycles. The fraction of sp³-hybridized carbons (Fsp3) is 0.211. The standard InChI is InChI=1S/C19H16F3NO4/c1-12(9-13-3-2-4-16(10-13)26-19(20,21)22)25-15-7-5-14(6-8-15)17-11-18(24)23-27-17/h2-8,10-12H,9H2,1H3,(H,23,24)/t12-/m1/s1. The Balaban J connectivity index is 1.61. The molecule has 0 saturated heterocycles. The Hall–Kier alpha value is -3.16. The molecule has 1 heterocycles. The SMILES string of the molecule is C[C@H](Cc1cccc(OC(F)(F)F)c1)Oc1ccc(-c2cc(=O)[nH]o2)cc1. The van der Waals surface area contributed by atoms with Gasteiger partial charge in [0.15, 0.2) is 5.76 Å². The number of ether oxygens (including phenoxy) is 2. The van der Waals surface area contributed by atoms with Crippen LogP contribution in [0.15, 0.2) is 63.9 Å². The fourth-order valence-electron chi connectivity index (χ4n) is 2.60. The number of benzene rings is 2. The Kier molecular flexibility index (Phi) is 5.25. The molecule has 0 spiro atoms. The molecule has 0 aliphatic heterocycles. The normalized spacial score (nSPS) is 12.6. The molecule has 0 amide bonds. The molecule has 3 aromatic rings. The van der Waals surface area contributed by atoms with E-state index in [0.717, 1.165) is 0 Å². The summed E-state index contributed by atoms with van der Waals surface area (Å²) in [6.07, 6.45) is -4.59. The van der Waals surface area contributed by atoms with E-state index in [1.165, 1.54) is 24.3 Å². The zero-order valence-corrected chi connectivity index (χ0v) is 14.2. The van der Waals surface area contributed by atoms with E-state index in [4.69, 9.17) is 9.26 Å². The average Bonchev–Trinajstić information content (AvgIpc) is 3.00. The molecule has 1 aromatic heterocycles. The minimum atomic E-state index is -4.72. The van der Waals surface area contributed by atoms with Gasteiger partial charge < -0.3 is 14.0 Å². The predicted molar refractivity (Wildman–Crippen MR) is 91.7 cm³/mol. The van der Waals surface area contributed by atoms with Crippen LogP contribution in [-0.2, 0) is 6.42 Å². The number of nitrogens with one attached hydrogen (secondary N) is 1. The first-order valence-electron chi connectivity index (χ1n) is 8.09. The highest BCUT2D eigenvalue weighted by molar-refractivity contribution is 5.57. The highest BCUT2D eigenvalue weighted by Gasteiger charge is 2.31. The van der Waals surface area contributed by atoms with Gasteiger partial charge in [-0.1, -0.05) is 12.1 Å². The third-order valence-corrected chi connectivity index (χ3v) is 3.66. The van der Waals surface area contributed by atoms with Crippen molar-refractivity contribution in [3.63, 3.8) is 0 Å². The number of aromatic amines is 1. The Bertz CT molecular complexity index is 944. The van der Waals surface area contributed by atoms with E-state index >= 15 is 0 Å². The lowest BCUT2D eigenvalue weighted by Gasteiger charge is -2.16. The van der Waals surface area contributed by atoms with Crippen molar-refractivity contribution in [2.45, 2.75) is 25.8 Å². The minimum Gasteiger partial charge on any atom is -0.490 e. The van der Waals surface area contributed by atoms with Crippen LogP contribution in [0.25, 0.3) is 11.3 Å². The van der Waals surface area contributed by atoms with Crippen molar-refractivity contribution in [3.8, 4) is 22.8 Å². The van der Waals surface area contributed by atoms with Crippen molar-refractivity contribution in [2.24, 2.45) is 0 Å². The average molecular weight is 379 g/mol. The van der Waals surface area contributed by atoms with Crippen LogP contribution in [0, 0.1) is 0 Å². The third-order valence-electron chi connectivity index (χ3n) is 3.66. The zero-order chi connectivity index (χ0) is 19.4. The highest BCUT2D eigenvalue weighted by atomic mass is 19.4. The summed E-state index contributed by atoms with van der Waals surface area (Å²) in [5.74, 6) is 0.748. The van der Waals surface area contributed by atoms with Crippen molar-refractivity contribution in [2.75, 3.05) is 0 Å². The predicted octanol–water partition coefficient (Wildman–Crippen LogP) is 4.54. The maximum Gasteiger partial charge on any atom is 0.573 e. The quantitative estimate of drug-likeness (QED) is 0.683. The zero-order valence-electron chi connectivity index (χ0n) is 14.2. The summed E-state index contributed by atoms with van der Waals surface area (Å²) in [5, 5.41) is 2.22. The van der Waals surface area contributed by atoms with Crippen LogP contribution in [0.5, 0.6) is 11.5 Å². The Labute approximate surface area is 152 Å². The van der Waals surface area contributed by atoms with E-state index < -0.39 is 6.36 Å². The maximum atomic E-state index is 12.3. The van der Waals surface area contributed by atoms with Gasteiger partial charge in [-0.2, -0.15) is 5.16 Å². The summed E-state index contributed by atoms with van der Waals surface area (Å²) in [7, 11) is 0. The number of hydrogen-bond donors (Lipinski definition) is 1. The molecule has 1 N–H and O–H groups in total. The van der Waals surface area contributed by atoms with Crippen molar-refractivity contribution in [1.29, 1.82) is 0 Å². The first kappa shape index (κ1) is 18.6. The second kappa shape index (κ2) is 7.61. The van der Waals surface area contributed by atoms with Crippen LogP contribution in [-0.4, -0.2) is 17.6 Å². The molecule has 0 fully saturated rings. The first-order chi connectivity index (χ1) is 12.8. The lowest BCUT2D eigenvalue weighted by molar-refractivity contribution is -0.274. The molecule has 27 heavy (non-hydrogen) atoms. The van der Waals surface area contributed by atoms with Gasteiger partial charge in [0.25, 0.3) is 5.56 Å². The van der Waals surface area contributed by atoms with Crippen molar-refractivity contribution < 1.29 is 27.2 Å². The molecular weight excluding hydrogens is 363 g/mol. The number of rotatable bonds is 6. The molecule has 142 valence electrons. The summed E-state index contributed by atoms with van der Waals surface area (Å²) >= 11 is 0. The van der Waals surface area contributed by atoms with Crippen molar-refractivity contribution in [1.82, 2.24) is 5.16 Å². The molecule has 3 rings (SSSR count).